The average molecular weight is 504 g/mol. The molecule has 3 fully saturated rings. The maximum atomic E-state index is 4.04. The zero-order chi connectivity index (χ0) is 27.1. The summed E-state index contributed by atoms with van der Waals surface area (Å²) in [5.74, 6) is 5.53. The molecule has 3 aliphatic rings. The van der Waals surface area contributed by atoms with Gasteiger partial charge in [-0.05, 0) is 128 Å². The van der Waals surface area contributed by atoms with Crippen LogP contribution in [-0.4, -0.2) is 34.7 Å². The van der Waals surface area contributed by atoms with Crippen molar-refractivity contribution < 1.29 is 0 Å². The third-order valence-corrected chi connectivity index (χ3v) is 10.3. The molecule has 3 nitrogen and oxygen atoms in total. The monoisotopic (exact) mass is 504 g/mol. The van der Waals surface area contributed by atoms with Gasteiger partial charge in [0, 0.05) is 34.7 Å². The second-order valence-corrected chi connectivity index (χ2v) is 16.6. The fourth-order valence-electron chi connectivity index (χ4n) is 8.63. The molecule has 3 saturated heterocycles. The zero-order valence-corrected chi connectivity index (χ0v) is 26.4. The summed E-state index contributed by atoms with van der Waals surface area (Å²) in [7, 11) is 0. The minimum Gasteiger partial charge on any atom is -0.309 e. The summed E-state index contributed by atoms with van der Waals surface area (Å²) in [4.78, 5) is 0. The lowest BCUT2D eigenvalue weighted by molar-refractivity contribution is 0.0330. The Balaban J connectivity index is 1.85. The van der Waals surface area contributed by atoms with Crippen molar-refractivity contribution >= 4 is 0 Å². The Bertz CT molecular complexity index is 653. The van der Waals surface area contributed by atoms with Gasteiger partial charge in [-0.1, -0.05) is 48.0 Å². The second-order valence-electron chi connectivity index (χ2n) is 16.6. The first-order valence-corrected chi connectivity index (χ1v) is 15.8. The number of nitrogens with one attached hydrogen (secondary N) is 3. The molecule has 6 unspecified atom stereocenters. The van der Waals surface area contributed by atoms with Crippen LogP contribution < -0.4 is 16.0 Å². The van der Waals surface area contributed by atoms with Gasteiger partial charge in [-0.25, -0.2) is 0 Å². The topological polar surface area (TPSA) is 36.1 Å². The van der Waals surface area contributed by atoms with Crippen LogP contribution in [0.2, 0.25) is 0 Å². The fourth-order valence-corrected chi connectivity index (χ4v) is 8.63. The summed E-state index contributed by atoms with van der Waals surface area (Å²) >= 11 is 0. The lowest BCUT2D eigenvalue weighted by Gasteiger charge is -2.52. The van der Waals surface area contributed by atoms with E-state index in [1.54, 1.807) is 0 Å². The van der Waals surface area contributed by atoms with Crippen LogP contribution in [0.4, 0.5) is 0 Å². The highest BCUT2D eigenvalue weighted by atomic mass is 15.0. The van der Waals surface area contributed by atoms with Gasteiger partial charge in [0.2, 0.25) is 0 Å². The van der Waals surface area contributed by atoms with Crippen LogP contribution in [0, 0.1) is 41.4 Å². The molecule has 212 valence electrons. The van der Waals surface area contributed by atoms with Crippen molar-refractivity contribution in [1.82, 2.24) is 16.0 Å². The van der Waals surface area contributed by atoms with E-state index in [0.29, 0.717) is 30.0 Å². The van der Waals surface area contributed by atoms with Gasteiger partial charge in [0.1, 0.15) is 0 Å². The van der Waals surface area contributed by atoms with E-state index in [1.807, 2.05) is 0 Å². The molecule has 0 aromatic rings. The van der Waals surface area contributed by atoms with Gasteiger partial charge in [0.15, 0.2) is 0 Å². The number of hydrogen-bond acceptors (Lipinski definition) is 3. The van der Waals surface area contributed by atoms with Crippen LogP contribution in [-0.2, 0) is 0 Å². The van der Waals surface area contributed by atoms with E-state index in [4.69, 9.17) is 0 Å². The predicted molar refractivity (Wildman–Crippen MR) is 158 cm³/mol. The first-order valence-electron chi connectivity index (χ1n) is 15.8. The summed E-state index contributed by atoms with van der Waals surface area (Å²) in [6.07, 6.45) is 11.0. The molecule has 0 aliphatic carbocycles. The van der Waals surface area contributed by atoms with Gasteiger partial charge < -0.3 is 16.0 Å². The summed E-state index contributed by atoms with van der Waals surface area (Å²) in [6, 6.07) is 1.98. The molecule has 3 heterocycles. The van der Waals surface area contributed by atoms with Gasteiger partial charge in [-0.15, -0.1) is 0 Å². The van der Waals surface area contributed by atoms with Crippen LogP contribution in [0.15, 0.2) is 0 Å². The van der Waals surface area contributed by atoms with Crippen molar-refractivity contribution in [1.29, 1.82) is 0 Å². The van der Waals surface area contributed by atoms with Crippen molar-refractivity contribution in [3.63, 3.8) is 0 Å². The van der Waals surface area contributed by atoms with E-state index < -0.39 is 0 Å². The molecule has 3 aliphatic heterocycles. The van der Waals surface area contributed by atoms with Gasteiger partial charge in [0.25, 0.3) is 0 Å². The summed E-state index contributed by atoms with van der Waals surface area (Å²) in [5.41, 5.74) is 0.761. The summed E-state index contributed by atoms with van der Waals surface area (Å²) in [6.45, 7) is 29.3. The van der Waals surface area contributed by atoms with Gasteiger partial charge in [-0.3, -0.25) is 0 Å². The molecule has 0 aromatic heterocycles. The van der Waals surface area contributed by atoms with Crippen LogP contribution in [0.5, 0.6) is 0 Å². The molecule has 0 radical (unpaired) electrons. The van der Waals surface area contributed by atoms with E-state index in [1.165, 1.54) is 51.4 Å². The van der Waals surface area contributed by atoms with Crippen LogP contribution in [0.3, 0.4) is 0 Å². The molecule has 3 heteroatoms. The summed E-state index contributed by atoms with van der Waals surface area (Å²) in [5, 5.41) is 12.1. The van der Waals surface area contributed by atoms with E-state index in [9.17, 15) is 0 Å². The highest BCUT2D eigenvalue weighted by molar-refractivity contribution is 5.01. The first-order chi connectivity index (χ1) is 16.5. The van der Waals surface area contributed by atoms with Gasteiger partial charge in [0.05, 0.1) is 0 Å². The molecule has 3 N–H and O–H groups in total. The van der Waals surface area contributed by atoms with E-state index in [0.717, 1.165) is 29.6 Å². The van der Waals surface area contributed by atoms with Gasteiger partial charge in [-0.2, -0.15) is 0 Å². The third-order valence-electron chi connectivity index (χ3n) is 10.3. The molecule has 6 atom stereocenters. The van der Waals surface area contributed by atoms with E-state index >= 15 is 0 Å². The Hall–Kier alpha value is -0.120. The number of piperidine rings is 3. The Kier molecular flexibility index (Phi) is 9.76. The molecule has 0 bridgehead atoms. The lowest BCUT2D eigenvalue weighted by Crippen LogP contribution is -2.58. The predicted octanol–water partition coefficient (Wildman–Crippen LogP) is 7.79. The van der Waals surface area contributed by atoms with Crippen LogP contribution in [0.1, 0.15) is 134 Å². The average Bonchev–Trinajstić information content (AvgIpc) is 2.70. The molecule has 0 amide bonds. The zero-order valence-electron chi connectivity index (χ0n) is 26.4. The summed E-state index contributed by atoms with van der Waals surface area (Å²) < 4.78 is 0. The number of hydrogen-bond donors (Lipinski definition) is 3. The lowest BCUT2D eigenvalue weighted by atomic mass is 9.62. The Morgan fingerprint density at radius 2 is 0.917 bits per heavy atom. The third kappa shape index (κ3) is 8.19. The molecule has 0 aromatic carbocycles. The Morgan fingerprint density at radius 1 is 0.556 bits per heavy atom. The molecular formula is C33H65N3. The Labute approximate surface area is 226 Å². The fraction of sp³-hybridized carbons (Fsp3) is 1.00. The van der Waals surface area contributed by atoms with Gasteiger partial charge >= 0.3 is 0 Å². The Morgan fingerprint density at radius 3 is 1.31 bits per heavy atom. The standard InChI is InChI=1S/C33H65N3/c1-21(2)28-15-24(18-31(7,8)34-28)13-14-27(25-16-29(22(3)4)35-32(9,10)19-25)26-17-30(23(5)6)36-33(11,12)20-26/h21-30,34-36H,13-20H2,1-12H3. The van der Waals surface area contributed by atoms with E-state index in [-0.39, 0.29) is 16.6 Å². The molecule has 3 rings (SSSR count). The smallest absolute Gasteiger partial charge is 0.0130 e. The molecule has 0 spiro atoms. The normalized spacial score (nSPS) is 37.4. The highest BCUT2D eigenvalue weighted by Gasteiger charge is 2.45. The van der Waals surface area contributed by atoms with Crippen molar-refractivity contribution in [3.05, 3.63) is 0 Å². The number of rotatable bonds is 8. The van der Waals surface area contributed by atoms with Crippen molar-refractivity contribution in [2.75, 3.05) is 0 Å². The van der Waals surface area contributed by atoms with Crippen molar-refractivity contribution in [3.8, 4) is 0 Å². The van der Waals surface area contributed by atoms with Crippen LogP contribution in [0.25, 0.3) is 0 Å². The molecule has 36 heavy (non-hydrogen) atoms. The maximum absolute atomic E-state index is 4.04. The molecule has 0 saturated carbocycles. The minimum absolute atomic E-state index is 0.246. The highest BCUT2D eigenvalue weighted by Crippen LogP contribution is 2.46. The largest absolute Gasteiger partial charge is 0.309 e. The van der Waals surface area contributed by atoms with Crippen LogP contribution >= 0.6 is 0 Å². The second kappa shape index (κ2) is 11.5. The molecular weight excluding hydrogens is 438 g/mol. The minimum atomic E-state index is 0.246. The quantitative estimate of drug-likeness (QED) is 0.316. The first kappa shape index (κ1) is 30.4. The van der Waals surface area contributed by atoms with Crippen molar-refractivity contribution in [2.24, 2.45) is 41.4 Å². The maximum Gasteiger partial charge on any atom is 0.0130 e. The van der Waals surface area contributed by atoms with Crippen molar-refractivity contribution in [2.45, 2.75) is 169 Å². The van der Waals surface area contributed by atoms with E-state index in [2.05, 4.69) is 99.0 Å². The SMILES string of the molecule is CC(C)C1CC(CCC(C2CC(C(C)C)NC(C)(C)C2)C2CC(C(C)C)NC(C)(C)C2)CC(C)(C)N1.